The van der Waals surface area contributed by atoms with Crippen molar-refractivity contribution in [1.29, 1.82) is 0 Å². The number of benzene rings is 2. The van der Waals surface area contributed by atoms with Gasteiger partial charge in [-0.15, -0.1) is 5.10 Å². The lowest BCUT2D eigenvalue weighted by Crippen LogP contribution is -2.25. The molecule has 6 nitrogen and oxygen atoms in total. The topological polar surface area (TPSA) is 71.4 Å². The van der Waals surface area contributed by atoms with Gasteiger partial charge in [0.25, 0.3) is 0 Å². The second-order valence-corrected chi connectivity index (χ2v) is 5.04. The molecule has 0 fully saturated rings. The minimum Gasteiger partial charge on any atom is -0.504 e. The Hall–Kier alpha value is -3.02. The van der Waals surface area contributed by atoms with E-state index in [1.54, 1.807) is 12.1 Å². The zero-order valence-electron chi connectivity index (χ0n) is 12.8. The van der Waals surface area contributed by atoms with Gasteiger partial charge in [0.05, 0.1) is 7.11 Å². The van der Waals surface area contributed by atoms with Crippen LogP contribution in [0.4, 0.5) is 0 Å². The Balaban J connectivity index is 1.96. The normalized spacial score (nSPS) is 16.7. The van der Waals surface area contributed by atoms with E-state index in [1.165, 1.54) is 25.1 Å². The van der Waals surface area contributed by atoms with Crippen molar-refractivity contribution in [3.8, 4) is 11.5 Å². The van der Waals surface area contributed by atoms with Crippen LogP contribution in [0.2, 0.25) is 0 Å². The molecule has 0 radical (unpaired) electrons. The van der Waals surface area contributed by atoms with Crippen molar-refractivity contribution in [3.63, 3.8) is 0 Å². The van der Waals surface area contributed by atoms with Crippen LogP contribution in [-0.4, -0.2) is 29.0 Å². The van der Waals surface area contributed by atoms with Gasteiger partial charge in [-0.05, 0) is 30.3 Å². The zero-order valence-corrected chi connectivity index (χ0v) is 12.8. The number of ether oxygens (including phenoxy) is 2. The lowest BCUT2D eigenvalue weighted by molar-refractivity contribution is -0.135. The van der Waals surface area contributed by atoms with Crippen molar-refractivity contribution < 1.29 is 19.4 Å². The van der Waals surface area contributed by atoms with Crippen LogP contribution in [-0.2, 0) is 9.53 Å². The first-order chi connectivity index (χ1) is 11.1. The van der Waals surface area contributed by atoms with Gasteiger partial charge in [0.1, 0.15) is 0 Å². The number of phenolic OH excluding ortho intramolecular Hbond substituents is 1. The molecule has 1 N–H and O–H groups in total. The zero-order chi connectivity index (χ0) is 16.4. The van der Waals surface area contributed by atoms with Gasteiger partial charge >= 0.3 is 0 Å². The van der Waals surface area contributed by atoms with E-state index in [1.807, 2.05) is 30.3 Å². The van der Waals surface area contributed by atoms with E-state index in [0.29, 0.717) is 17.2 Å². The molecule has 1 heterocycles. The van der Waals surface area contributed by atoms with E-state index in [-0.39, 0.29) is 11.7 Å². The molecule has 1 unspecified atom stereocenters. The first kappa shape index (κ1) is 14.9. The van der Waals surface area contributed by atoms with E-state index < -0.39 is 6.23 Å². The Morgan fingerprint density at radius 3 is 2.65 bits per heavy atom. The summed E-state index contributed by atoms with van der Waals surface area (Å²) in [5, 5.41) is 15.2. The van der Waals surface area contributed by atoms with E-state index in [0.717, 1.165) is 5.56 Å². The van der Waals surface area contributed by atoms with Crippen LogP contribution < -0.4 is 4.74 Å². The van der Waals surface area contributed by atoms with Crippen molar-refractivity contribution >= 4 is 11.8 Å². The molecule has 0 saturated carbocycles. The Morgan fingerprint density at radius 1 is 1.26 bits per heavy atom. The van der Waals surface area contributed by atoms with Gasteiger partial charge < -0.3 is 14.6 Å². The van der Waals surface area contributed by atoms with Gasteiger partial charge in [-0.25, -0.2) is 0 Å². The van der Waals surface area contributed by atoms with Crippen LogP contribution in [0.1, 0.15) is 24.3 Å². The number of aromatic hydroxyl groups is 1. The Labute approximate surface area is 133 Å². The average Bonchev–Trinajstić information content (AvgIpc) is 3.02. The number of hydrogen-bond donors (Lipinski definition) is 1. The van der Waals surface area contributed by atoms with Crippen LogP contribution in [0.5, 0.6) is 11.5 Å². The largest absolute Gasteiger partial charge is 0.504 e. The number of phenols is 1. The van der Waals surface area contributed by atoms with Crippen LogP contribution in [0.15, 0.2) is 53.6 Å². The summed E-state index contributed by atoms with van der Waals surface area (Å²) in [6.07, 6.45) is -0.697. The number of rotatable bonds is 3. The van der Waals surface area contributed by atoms with Gasteiger partial charge in [-0.3, -0.25) is 4.79 Å². The molecule has 1 amide bonds. The van der Waals surface area contributed by atoms with E-state index in [2.05, 4.69) is 5.10 Å². The second kappa shape index (κ2) is 6.00. The SMILES string of the molecule is COc1cc(C2OC(c3ccccc3)=NN2C(C)=O)ccc1O. The van der Waals surface area contributed by atoms with Crippen molar-refractivity contribution in [1.82, 2.24) is 5.01 Å². The van der Waals surface area contributed by atoms with Gasteiger partial charge in [0, 0.05) is 18.1 Å². The van der Waals surface area contributed by atoms with Crippen molar-refractivity contribution in [2.24, 2.45) is 5.10 Å². The molecule has 3 rings (SSSR count). The molecule has 0 saturated heterocycles. The fourth-order valence-electron chi connectivity index (χ4n) is 2.33. The molecule has 2 aromatic rings. The number of methoxy groups -OCH3 is 1. The Morgan fingerprint density at radius 2 is 2.00 bits per heavy atom. The molecule has 0 aromatic heterocycles. The monoisotopic (exact) mass is 312 g/mol. The van der Waals surface area contributed by atoms with Crippen LogP contribution in [0, 0.1) is 0 Å². The van der Waals surface area contributed by atoms with Gasteiger partial charge in [0.2, 0.25) is 18.0 Å². The molecular formula is C17H16N2O4. The highest BCUT2D eigenvalue weighted by molar-refractivity contribution is 5.96. The summed E-state index contributed by atoms with van der Waals surface area (Å²) in [5.41, 5.74) is 1.44. The molecule has 1 aliphatic heterocycles. The van der Waals surface area contributed by atoms with E-state index in [9.17, 15) is 9.90 Å². The molecular weight excluding hydrogens is 296 g/mol. The van der Waals surface area contributed by atoms with Gasteiger partial charge in [-0.1, -0.05) is 18.2 Å². The molecule has 1 atom stereocenters. The minimum absolute atomic E-state index is 0.0211. The summed E-state index contributed by atoms with van der Waals surface area (Å²) >= 11 is 0. The first-order valence-electron chi connectivity index (χ1n) is 7.07. The maximum atomic E-state index is 11.9. The number of hydrogen-bond acceptors (Lipinski definition) is 5. The Bertz CT molecular complexity index is 758. The molecule has 0 bridgehead atoms. The van der Waals surface area contributed by atoms with Crippen molar-refractivity contribution in [2.45, 2.75) is 13.2 Å². The minimum atomic E-state index is -0.697. The molecule has 2 aromatic carbocycles. The second-order valence-electron chi connectivity index (χ2n) is 5.04. The highest BCUT2D eigenvalue weighted by atomic mass is 16.5. The quantitative estimate of drug-likeness (QED) is 0.946. The molecule has 118 valence electrons. The third kappa shape index (κ3) is 2.83. The summed E-state index contributed by atoms with van der Waals surface area (Å²) in [6.45, 7) is 1.42. The van der Waals surface area contributed by atoms with Gasteiger partial charge in [0.15, 0.2) is 11.5 Å². The fraction of sp³-hybridized carbons (Fsp3) is 0.176. The fourth-order valence-corrected chi connectivity index (χ4v) is 2.33. The highest BCUT2D eigenvalue weighted by Crippen LogP contribution is 2.35. The van der Waals surface area contributed by atoms with Crippen molar-refractivity contribution in [3.05, 3.63) is 59.7 Å². The molecule has 23 heavy (non-hydrogen) atoms. The highest BCUT2D eigenvalue weighted by Gasteiger charge is 2.33. The Kier molecular flexibility index (Phi) is 3.89. The molecule has 1 aliphatic rings. The lowest BCUT2D eigenvalue weighted by Gasteiger charge is -2.20. The summed E-state index contributed by atoms with van der Waals surface area (Å²) < 4.78 is 11.0. The average molecular weight is 312 g/mol. The lowest BCUT2D eigenvalue weighted by atomic mass is 10.1. The number of carbonyl (C=O) groups is 1. The number of carbonyl (C=O) groups excluding carboxylic acids is 1. The summed E-state index contributed by atoms with van der Waals surface area (Å²) in [6, 6.07) is 14.1. The van der Waals surface area contributed by atoms with Crippen LogP contribution in [0.3, 0.4) is 0 Å². The number of amides is 1. The summed E-state index contributed by atoms with van der Waals surface area (Å²) in [4.78, 5) is 11.9. The number of hydrazone groups is 1. The standard InChI is InChI=1S/C17H16N2O4/c1-11(20)19-17(13-8-9-14(21)15(10-13)22-2)23-16(18-19)12-6-4-3-5-7-12/h3-10,17,21H,1-2H3. The third-order valence-corrected chi connectivity index (χ3v) is 3.48. The molecule has 0 aliphatic carbocycles. The molecule has 0 spiro atoms. The van der Waals surface area contributed by atoms with E-state index >= 15 is 0 Å². The predicted molar refractivity (Wildman–Crippen MR) is 84.0 cm³/mol. The van der Waals surface area contributed by atoms with E-state index in [4.69, 9.17) is 9.47 Å². The summed E-state index contributed by atoms with van der Waals surface area (Å²) in [5.74, 6) is 0.460. The van der Waals surface area contributed by atoms with Crippen LogP contribution in [0.25, 0.3) is 0 Å². The van der Waals surface area contributed by atoms with Crippen LogP contribution >= 0.6 is 0 Å². The maximum absolute atomic E-state index is 11.9. The predicted octanol–water partition coefficient (Wildman–Crippen LogP) is 2.64. The molecule has 6 heteroatoms. The number of nitrogens with zero attached hydrogens (tertiary/aromatic N) is 2. The summed E-state index contributed by atoms with van der Waals surface area (Å²) in [7, 11) is 1.46. The van der Waals surface area contributed by atoms with Crippen molar-refractivity contribution in [2.75, 3.05) is 7.11 Å². The van der Waals surface area contributed by atoms with Gasteiger partial charge in [-0.2, -0.15) is 5.01 Å². The first-order valence-corrected chi connectivity index (χ1v) is 7.07. The maximum Gasteiger partial charge on any atom is 0.243 e. The third-order valence-electron chi connectivity index (χ3n) is 3.48. The smallest absolute Gasteiger partial charge is 0.243 e.